The van der Waals surface area contributed by atoms with Crippen LogP contribution >= 0.6 is 11.3 Å². The molecule has 0 radical (unpaired) electrons. The maximum absolute atomic E-state index is 13.6. The molecule has 0 atom stereocenters. The van der Waals surface area contributed by atoms with Gasteiger partial charge >= 0.3 is 0 Å². The van der Waals surface area contributed by atoms with Crippen LogP contribution in [0.1, 0.15) is 40.0 Å². The lowest BCUT2D eigenvalue weighted by Gasteiger charge is -2.21. The largest absolute Gasteiger partial charge is 0.278 e. The summed E-state index contributed by atoms with van der Waals surface area (Å²) in [5.41, 5.74) is 5.17. The zero-order valence-corrected chi connectivity index (χ0v) is 16.9. The van der Waals surface area contributed by atoms with Gasteiger partial charge in [-0.3, -0.25) is 14.7 Å². The molecule has 2 aromatic carbocycles. The second-order valence-electron chi connectivity index (χ2n) is 7.37. The molecule has 144 valence electrons. The van der Waals surface area contributed by atoms with Gasteiger partial charge in [0.2, 0.25) is 0 Å². The van der Waals surface area contributed by atoms with E-state index in [0.29, 0.717) is 11.7 Å². The first-order chi connectivity index (χ1) is 14.3. The molecule has 4 nitrogen and oxygen atoms in total. The molecular formula is C24H21N3OS. The van der Waals surface area contributed by atoms with E-state index in [4.69, 9.17) is 4.98 Å². The molecule has 2 aromatic heterocycles. The number of aromatic nitrogens is 2. The number of nitrogens with zero attached hydrogens (tertiary/aromatic N) is 3. The average molecular weight is 400 g/mol. The van der Waals surface area contributed by atoms with Crippen molar-refractivity contribution in [1.82, 2.24) is 9.97 Å². The number of fused-ring (bicyclic) bond motifs is 2. The number of benzene rings is 2. The highest BCUT2D eigenvalue weighted by atomic mass is 32.1. The van der Waals surface area contributed by atoms with Crippen molar-refractivity contribution in [2.75, 3.05) is 4.90 Å². The first-order valence-electron chi connectivity index (χ1n) is 9.97. The summed E-state index contributed by atoms with van der Waals surface area (Å²) in [5, 5.41) is 0.708. The minimum atomic E-state index is -0.0249. The van der Waals surface area contributed by atoms with Crippen LogP contribution in [0.4, 0.5) is 5.13 Å². The molecule has 5 heteroatoms. The number of para-hydroxylation sites is 1. The molecular weight excluding hydrogens is 378 g/mol. The van der Waals surface area contributed by atoms with Gasteiger partial charge in [-0.15, -0.1) is 0 Å². The molecule has 0 aliphatic heterocycles. The van der Waals surface area contributed by atoms with Crippen molar-refractivity contribution >= 4 is 32.6 Å². The molecule has 0 N–H and O–H groups in total. The standard InChI is InChI=1S/C24H21N3OS/c28-23(19-13-12-17-7-1-2-8-18(17)15-19)27(16-20-9-5-6-14-25-20)24-26-21-10-3-4-11-22(21)29-24/h3-6,9-15H,1-2,7-8,16H2. The Kier molecular flexibility index (Phi) is 4.82. The van der Waals surface area contributed by atoms with Crippen LogP contribution in [0.15, 0.2) is 66.9 Å². The third-order valence-corrected chi connectivity index (χ3v) is 6.46. The molecule has 2 heterocycles. The summed E-state index contributed by atoms with van der Waals surface area (Å²) in [6.45, 7) is 0.399. The van der Waals surface area contributed by atoms with E-state index < -0.39 is 0 Å². The van der Waals surface area contributed by atoms with Gasteiger partial charge in [0.1, 0.15) is 0 Å². The molecule has 4 aromatic rings. The number of carbonyl (C=O) groups excluding carboxylic acids is 1. The lowest BCUT2D eigenvalue weighted by Crippen LogP contribution is -2.31. The monoisotopic (exact) mass is 399 g/mol. The number of anilines is 1. The Morgan fingerprint density at radius 3 is 2.62 bits per heavy atom. The van der Waals surface area contributed by atoms with Crippen LogP contribution in [0, 0.1) is 0 Å². The predicted molar refractivity (Wildman–Crippen MR) is 117 cm³/mol. The summed E-state index contributed by atoms with van der Waals surface area (Å²) < 4.78 is 1.08. The van der Waals surface area contributed by atoms with Crippen LogP contribution < -0.4 is 4.90 Å². The van der Waals surface area contributed by atoms with Crippen LogP contribution in [-0.2, 0) is 19.4 Å². The highest BCUT2D eigenvalue weighted by Gasteiger charge is 2.23. The van der Waals surface area contributed by atoms with Crippen molar-refractivity contribution in [2.45, 2.75) is 32.2 Å². The number of hydrogen-bond acceptors (Lipinski definition) is 4. The Balaban J connectivity index is 1.54. The number of rotatable bonds is 4. The summed E-state index contributed by atoms with van der Waals surface area (Å²) in [7, 11) is 0. The Bertz CT molecular complexity index is 1140. The minimum Gasteiger partial charge on any atom is -0.278 e. The zero-order valence-electron chi connectivity index (χ0n) is 16.0. The van der Waals surface area contributed by atoms with Crippen LogP contribution in [0.5, 0.6) is 0 Å². The van der Waals surface area contributed by atoms with Crippen molar-refractivity contribution in [3.8, 4) is 0 Å². The Morgan fingerprint density at radius 1 is 0.966 bits per heavy atom. The molecule has 5 rings (SSSR count). The van der Waals surface area contributed by atoms with E-state index in [1.165, 1.54) is 24.0 Å². The summed E-state index contributed by atoms with van der Waals surface area (Å²) >= 11 is 1.54. The van der Waals surface area contributed by atoms with E-state index in [0.717, 1.165) is 34.3 Å². The van der Waals surface area contributed by atoms with E-state index in [2.05, 4.69) is 17.1 Å². The van der Waals surface area contributed by atoms with Gasteiger partial charge < -0.3 is 0 Å². The first kappa shape index (κ1) is 18.0. The summed E-state index contributed by atoms with van der Waals surface area (Å²) in [6.07, 6.45) is 6.35. The Morgan fingerprint density at radius 2 is 1.79 bits per heavy atom. The normalized spacial score (nSPS) is 13.2. The van der Waals surface area contributed by atoms with Gasteiger partial charge in [0.15, 0.2) is 5.13 Å². The number of pyridine rings is 1. The maximum Gasteiger partial charge on any atom is 0.260 e. The second kappa shape index (κ2) is 7.76. The number of hydrogen-bond donors (Lipinski definition) is 0. The predicted octanol–water partition coefficient (Wildman–Crippen LogP) is 5.42. The molecule has 1 aliphatic carbocycles. The Hall–Kier alpha value is -3.05. The van der Waals surface area contributed by atoms with Gasteiger partial charge in [0, 0.05) is 11.8 Å². The van der Waals surface area contributed by atoms with Crippen molar-refractivity contribution in [3.05, 3.63) is 89.2 Å². The fourth-order valence-corrected chi connectivity index (χ4v) is 4.84. The van der Waals surface area contributed by atoms with Gasteiger partial charge in [0.25, 0.3) is 5.91 Å². The lowest BCUT2D eigenvalue weighted by atomic mass is 9.90. The quantitative estimate of drug-likeness (QED) is 0.460. The highest BCUT2D eigenvalue weighted by Crippen LogP contribution is 2.31. The van der Waals surface area contributed by atoms with E-state index >= 15 is 0 Å². The molecule has 0 saturated heterocycles. The topological polar surface area (TPSA) is 46.1 Å². The van der Waals surface area contributed by atoms with Crippen molar-refractivity contribution < 1.29 is 4.79 Å². The van der Waals surface area contributed by atoms with Gasteiger partial charge in [-0.2, -0.15) is 0 Å². The fourth-order valence-electron chi connectivity index (χ4n) is 3.88. The van der Waals surface area contributed by atoms with Gasteiger partial charge in [-0.25, -0.2) is 4.98 Å². The number of amides is 1. The second-order valence-corrected chi connectivity index (χ2v) is 8.38. The minimum absolute atomic E-state index is 0.0249. The molecule has 1 amide bonds. The summed E-state index contributed by atoms with van der Waals surface area (Å²) in [5.74, 6) is -0.0249. The lowest BCUT2D eigenvalue weighted by molar-refractivity contribution is 0.0984. The molecule has 0 fully saturated rings. The van der Waals surface area contributed by atoms with Crippen LogP contribution in [-0.4, -0.2) is 15.9 Å². The van der Waals surface area contributed by atoms with Crippen LogP contribution in [0.3, 0.4) is 0 Å². The van der Waals surface area contributed by atoms with Crippen LogP contribution in [0.25, 0.3) is 10.2 Å². The van der Waals surface area contributed by atoms with E-state index in [1.807, 2.05) is 48.5 Å². The van der Waals surface area contributed by atoms with Gasteiger partial charge in [-0.1, -0.05) is 35.6 Å². The van der Waals surface area contributed by atoms with E-state index in [-0.39, 0.29) is 5.91 Å². The highest BCUT2D eigenvalue weighted by molar-refractivity contribution is 7.22. The molecule has 0 spiro atoms. The van der Waals surface area contributed by atoms with Gasteiger partial charge in [-0.05, 0) is 73.2 Å². The first-order valence-corrected chi connectivity index (χ1v) is 10.8. The maximum atomic E-state index is 13.6. The fraction of sp³-hybridized carbons (Fsp3) is 0.208. The number of aryl methyl sites for hydroxylation is 2. The third kappa shape index (κ3) is 3.66. The number of thiazole rings is 1. The van der Waals surface area contributed by atoms with Crippen molar-refractivity contribution in [1.29, 1.82) is 0 Å². The smallest absolute Gasteiger partial charge is 0.260 e. The Labute approximate surface area is 173 Å². The molecule has 0 unspecified atom stereocenters. The molecule has 1 aliphatic rings. The summed E-state index contributed by atoms with van der Waals surface area (Å²) in [4.78, 5) is 24.5. The summed E-state index contributed by atoms with van der Waals surface area (Å²) in [6, 6.07) is 19.9. The van der Waals surface area contributed by atoms with E-state index in [9.17, 15) is 4.79 Å². The molecule has 0 saturated carbocycles. The van der Waals surface area contributed by atoms with E-state index in [1.54, 1.807) is 22.4 Å². The molecule has 0 bridgehead atoms. The van der Waals surface area contributed by atoms with Crippen molar-refractivity contribution in [3.63, 3.8) is 0 Å². The zero-order chi connectivity index (χ0) is 19.6. The average Bonchev–Trinajstić information content (AvgIpc) is 3.21. The third-order valence-electron chi connectivity index (χ3n) is 5.40. The SMILES string of the molecule is O=C(c1ccc2c(c1)CCCC2)N(Cc1ccccn1)c1nc2ccccc2s1. The van der Waals surface area contributed by atoms with Crippen molar-refractivity contribution in [2.24, 2.45) is 0 Å². The van der Waals surface area contributed by atoms with Crippen LogP contribution in [0.2, 0.25) is 0 Å². The molecule has 29 heavy (non-hydrogen) atoms. The number of carbonyl (C=O) groups is 1. The van der Waals surface area contributed by atoms with Gasteiger partial charge in [0.05, 0.1) is 22.5 Å².